The molecule has 0 bridgehead atoms. The Labute approximate surface area is 163 Å². The molecule has 0 amide bonds. The summed E-state index contributed by atoms with van der Waals surface area (Å²) in [6, 6.07) is 8.06. The molecule has 28 heavy (non-hydrogen) atoms. The van der Waals surface area contributed by atoms with E-state index < -0.39 is 0 Å². The molecule has 0 unspecified atom stereocenters. The third-order valence-electron chi connectivity index (χ3n) is 4.95. The number of hydrogen-bond donors (Lipinski definition) is 1. The fraction of sp³-hybridized carbons (Fsp3) is 0.400. The normalized spacial score (nSPS) is 18.7. The number of ether oxygens (including phenoxy) is 1. The van der Waals surface area contributed by atoms with Crippen molar-refractivity contribution in [2.24, 2.45) is 5.73 Å². The molecule has 146 valence electrons. The fourth-order valence-corrected chi connectivity index (χ4v) is 3.36. The summed E-state index contributed by atoms with van der Waals surface area (Å²) in [5, 5.41) is 4.15. The van der Waals surface area contributed by atoms with Crippen LogP contribution in [0.1, 0.15) is 36.0 Å². The Morgan fingerprint density at radius 1 is 1.29 bits per heavy atom. The molecule has 3 aromatic rings. The molecule has 1 aliphatic rings. The molecule has 1 saturated carbocycles. The second kappa shape index (κ2) is 8.04. The monoisotopic (exact) mass is 380 g/mol. The lowest BCUT2D eigenvalue weighted by atomic mass is 9.78. The molecular weight excluding hydrogens is 356 g/mol. The van der Waals surface area contributed by atoms with Crippen molar-refractivity contribution in [3.63, 3.8) is 0 Å². The van der Waals surface area contributed by atoms with Crippen LogP contribution in [0.15, 0.2) is 41.2 Å². The van der Waals surface area contributed by atoms with Crippen LogP contribution >= 0.6 is 0 Å². The molecular formula is C20H24N6O2. The molecule has 3 heterocycles. The van der Waals surface area contributed by atoms with Crippen LogP contribution in [0.25, 0.3) is 11.3 Å². The average molecular weight is 380 g/mol. The number of methoxy groups -OCH3 is 1. The maximum absolute atomic E-state index is 5.95. The summed E-state index contributed by atoms with van der Waals surface area (Å²) in [6.07, 6.45) is 5.42. The van der Waals surface area contributed by atoms with Crippen molar-refractivity contribution in [3.05, 3.63) is 53.9 Å². The zero-order valence-electron chi connectivity index (χ0n) is 16.1. The maximum Gasteiger partial charge on any atom is 0.156 e. The second-order valence-corrected chi connectivity index (χ2v) is 7.20. The van der Waals surface area contributed by atoms with E-state index in [4.69, 9.17) is 15.0 Å². The lowest BCUT2D eigenvalue weighted by molar-refractivity contribution is 0.177. The second-order valence-electron chi connectivity index (χ2n) is 7.20. The van der Waals surface area contributed by atoms with Crippen molar-refractivity contribution in [2.75, 3.05) is 19.1 Å². The highest BCUT2D eigenvalue weighted by Gasteiger charge is 2.29. The van der Waals surface area contributed by atoms with Crippen LogP contribution in [-0.4, -0.2) is 40.3 Å². The molecule has 3 aromatic heterocycles. The fourth-order valence-electron chi connectivity index (χ4n) is 3.36. The molecule has 0 aromatic carbocycles. The topological polar surface area (TPSA) is 103 Å². The van der Waals surface area contributed by atoms with Crippen LogP contribution in [0, 0.1) is 0 Å². The van der Waals surface area contributed by atoms with Crippen molar-refractivity contribution >= 4 is 5.82 Å². The van der Waals surface area contributed by atoms with Crippen molar-refractivity contribution in [3.8, 4) is 11.3 Å². The van der Waals surface area contributed by atoms with E-state index in [9.17, 15) is 0 Å². The van der Waals surface area contributed by atoms with Gasteiger partial charge in [-0.05, 0) is 25.0 Å². The summed E-state index contributed by atoms with van der Waals surface area (Å²) in [6.45, 7) is 0.918. The van der Waals surface area contributed by atoms with E-state index in [2.05, 4.69) is 20.1 Å². The van der Waals surface area contributed by atoms with Crippen LogP contribution in [0.5, 0.6) is 0 Å². The minimum Gasteiger partial charge on any atom is -0.377 e. The van der Waals surface area contributed by atoms with Gasteiger partial charge >= 0.3 is 0 Å². The molecule has 0 spiro atoms. The van der Waals surface area contributed by atoms with Gasteiger partial charge in [-0.15, -0.1) is 0 Å². The average Bonchev–Trinajstić information content (AvgIpc) is 3.15. The molecule has 1 aliphatic carbocycles. The van der Waals surface area contributed by atoms with Crippen LogP contribution in [0.4, 0.5) is 5.82 Å². The van der Waals surface area contributed by atoms with Gasteiger partial charge < -0.3 is 19.9 Å². The number of aromatic nitrogens is 4. The van der Waals surface area contributed by atoms with Crippen molar-refractivity contribution in [1.82, 2.24) is 20.1 Å². The predicted octanol–water partition coefficient (Wildman–Crippen LogP) is 2.51. The van der Waals surface area contributed by atoms with E-state index in [0.29, 0.717) is 24.9 Å². The summed E-state index contributed by atoms with van der Waals surface area (Å²) in [7, 11) is 3.62. The van der Waals surface area contributed by atoms with E-state index in [0.717, 1.165) is 41.4 Å². The van der Waals surface area contributed by atoms with Gasteiger partial charge in [0.15, 0.2) is 11.6 Å². The molecule has 0 atom stereocenters. The third kappa shape index (κ3) is 4.02. The van der Waals surface area contributed by atoms with Gasteiger partial charge in [-0.2, -0.15) is 0 Å². The lowest BCUT2D eigenvalue weighted by Crippen LogP contribution is -2.35. The summed E-state index contributed by atoms with van der Waals surface area (Å²) in [4.78, 5) is 15.4. The number of hydrogen-bond acceptors (Lipinski definition) is 8. The quantitative estimate of drug-likeness (QED) is 0.667. The van der Waals surface area contributed by atoms with Gasteiger partial charge in [0.25, 0.3) is 0 Å². The summed E-state index contributed by atoms with van der Waals surface area (Å²) < 4.78 is 10.7. The Kier molecular flexibility index (Phi) is 5.31. The maximum atomic E-state index is 5.95. The Balaban J connectivity index is 1.52. The Morgan fingerprint density at radius 2 is 2.14 bits per heavy atom. The zero-order valence-corrected chi connectivity index (χ0v) is 16.1. The van der Waals surface area contributed by atoms with Crippen LogP contribution in [-0.2, 0) is 17.9 Å². The first kappa shape index (κ1) is 18.5. The van der Waals surface area contributed by atoms with Crippen LogP contribution in [0.3, 0.4) is 0 Å². The van der Waals surface area contributed by atoms with Gasteiger partial charge in [0, 0.05) is 61.9 Å². The Morgan fingerprint density at radius 3 is 2.86 bits per heavy atom. The van der Waals surface area contributed by atoms with Gasteiger partial charge in [-0.25, -0.2) is 9.97 Å². The largest absolute Gasteiger partial charge is 0.377 e. The van der Waals surface area contributed by atoms with Gasteiger partial charge in [-0.1, -0.05) is 5.16 Å². The highest BCUT2D eigenvalue weighted by Crippen LogP contribution is 2.35. The molecule has 8 nitrogen and oxygen atoms in total. The Bertz CT molecular complexity index is 923. The lowest BCUT2D eigenvalue weighted by Gasteiger charge is -2.32. The first-order valence-electron chi connectivity index (χ1n) is 9.32. The third-order valence-corrected chi connectivity index (χ3v) is 4.95. The van der Waals surface area contributed by atoms with Gasteiger partial charge in [0.05, 0.1) is 6.54 Å². The predicted molar refractivity (Wildman–Crippen MR) is 105 cm³/mol. The first-order valence-corrected chi connectivity index (χ1v) is 9.32. The zero-order chi connectivity index (χ0) is 19.5. The van der Waals surface area contributed by atoms with Crippen molar-refractivity contribution in [1.29, 1.82) is 0 Å². The minimum absolute atomic E-state index is 0.270. The Hall–Kier alpha value is -2.84. The highest BCUT2D eigenvalue weighted by molar-refractivity contribution is 5.57. The number of anilines is 1. The number of rotatable bonds is 7. The molecule has 0 radical (unpaired) electrons. The van der Waals surface area contributed by atoms with Gasteiger partial charge in [-0.3, -0.25) is 4.98 Å². The van der Waals surface area contributed by atoms with Crippen LogP contribution < -0.4 is 10.6 Å². The molecule has 4 rings (SSSR count). The summed E-state index contributed by atoms with van der Waals surface area (Å²) >= 11 is 0. The molecule has 2 N–H and O–H groups in total. The standard InChI is InChI=1S/C20H24N6O2/c1-26(11-16-8-18(25-28-16)13-4-3-5-22-10-13)20-9-17(14-6-15(21)7-14)23-19(24-20)12-27-2/h3-5,8-10,14-15H,6-7,11-12,21H2,1-2H3. The SMILES string of the molecule is COCc1nc(C2CC(N)C2)cc(N(C)Cc2cc(-c3cccnc3)no2)n1. The first-order chi connectivity index (χ1) is 13.6. The van der Waals surface area contributed by atoms with Crippen molar-refractivity contribution < 1.29 is 9.26 Å². The van der Waals surface area contributed by atoms with E-state index >= 15 is 0 Å². The molecule has 1 fully saturated rings. The smallest absolute Gasteiger partial charge is 0.156 e. The van der Waals surface area contributed by atoms with E-state index in [-0.39, 0.29) is 6.04 Å². The molecule has 0 saturated heterocycles. The van der Waals surface area contributed by atoms with Gasteiger partial charge in [0.1, 0.15) is 18.1 Å². The highest BCUT2D eigenvalue weighted by atomic mass is 16.5. The van der Waals surface area contributed by atoms with Crippen LogP contribution in [0.2, 0.25) is 0 Å². The number of nitrogens with two attached hydrogens (primary N) is 1. The summed E-state index contributed by atoms with van der Waals surface area (Å²) in [5.74, 6) is 2.65. The van der Waals surface area contributed by atoms with Crippen molar-refractivity contribution in [2.45, 2.75) is 38.0 Å². The molecule has 8 heteroatoms. The van der Waals surface area contributed by atoms with E-state index in [1.807, 2.05) is 36.2 Å². The minimum atomic E-state index is 0.270. The van der Waals surface area contributed by atoms with E-state index in [1.165, 1.54) is 0 Å². The van der Waals surface area contributed by atoms with Gasteiger partial charge in [0.2, 0.25) is 0 Å². The molecule has 0 aliphatic heterocycles. The number of nitrogens with zero attached hydrogens (tertiary/aromatic N) is 5. The van der Waals surface area contributed by atoms with E-state index in [1.54, 1.807) is 19.5 Å². The summed E-state index contributed by atoms with van der Waals surface area (Å²) in [5.41, 5.74) is 8.67. The number of pyridine rings is 1.